The summed E-state index contributed by atoms with van der Waals surface area (Å²) in [5.74, 6) is -0.612. The van der Waals surface area contributed by atoms with E-state index < -0.39 is 0 Å². The molecule has 1 atom stereocenters. The molecule has 0 aliphatic heterocycles. The number of hydrogen-bond acceptors (Lipinski definition) is 3. The third-order valence-corrected chi connectivity index (χ3v) is 3.56. The number of amides is 3. The van der Waals surface area contributed by atoms with E-state index in [9.17, 15) is 14.4 Å². The van der Waals surface area contributed by atoms with Crippen LogP contribution in [0.1, 0.15) is 34.1 Å². The fourth-order valence-electron chi connectivity index (χ4n) is 2.29. The molecule has 2 rings (SSSR count). The minimum absolute atomic E-state index is 0.149. The molecule has 0 aliphatic rings. The Bertz CT molecular complexity index is 742. The Morgan fingerprint density at radius 3 is 2.08 bits per heavy atom. The van der Waals surface area contributed by atoms with Gasteiger partial charge in [0.1, 0.15) is 0 Å². The van der Waals surface area contributed by atoms with Gasteiger partial charge in [0.15, 0.2) is 0 Å². The van der Waals surface area contributed by atoms with Crippen LogP contribution in [0.3, 0.4) is 0 Å². The molecule has 0 heterocycles. The van der Waals surface area contributed by atoms with Gasteiger partial charge in [0.05, 0.1) is 0 Å². The van der Waals surface area contributed by atoms with Crippen molar-refractivity contribution >= 4 is 23.4 Å². The summed E-state index contributed by atoms with van der Waals surface area (Å²) >= 11 is 0. The van der Waals surface area contributed by atoms with Gasteiger partial charge in [-0.15, -0.1) is 0 Å². The van der Waals surface area contributed by atoms with Crippen molar-refractivity contribution in [1.29, 1.82) is 0 Å². The summed E-state index contributed by atoms with van der Waals surface area (Å²) in [6.07, 6.45) is 0.149. The predicted octanol–water partition coefficient (Wildman–Crippen LogP) is 2.19. The second-order valence-corrected chi connectivity index (χ2v) is 5.65. The summed E-state index contributed by atoms with van der Waals surface area (Å²) in [5.41, 5.74) is 1.67. The first-order chi connectivity index (χ1) is 12.0. The van der Waals surface area contributed by atoms with Crippen molar-refractivity contribution in [1.82, 2.24) is 10.6 Å². The lowest BCUT2D eigenvalue weighted by molar-refractivity contribution is -0.116. The molecular formula is C19H21N3O3. The van der Waals surface area contributed by atoms with E-state index in [1.807, 2.05) is 6.07 Å². The van der Waals surface area contributed by atoms with Crippen molar-refractivity contribution in [2.75, 3.05) is 12.4 Å². The van der Waals surface area contributed by atoms with Crippen molar-refractivity contribution in [3.8, 4) is 0 Å². The van der Waals surface area contributed by atoms with Crippen LogP contribution in [0.5, 0.6) is 0 Å². The maximum atomic E-state index is 12.1. The highest BCUT2D eigenvalue weighted by Crippen LogP contribution is 2.10. The number of benzene rings is 2. The van der Waals surface area contributed by atoms with Gasteiger partial charge in [-0.05, 0) is 43.3 Å². The largest absolute Gasteiger partial charge is 0.355 e. The number of carbonyl (C=O) groups excluding carboxylic acids is 3. The molecule has 3 amide bonds. The molecule has 6 nitrogen and oxygen atoms in total. The average molecular weight is 339 g/mol. The Kier molecular flexibility index (Phi) is 6.28. The first-order valence-corrected chi connectivity index (χ1v) is 7.97. The molecule has 0 saturated heterocycles. The molecule has 0 radical (unpaired) electrons. The van der Waals surface area contributed by atoms with Crippen molar-refractivity contribution in [2.45, 2.75) is 19.4 Å². The van der Waals surface area contributed by atoms with Crippen LogP contribution in [0.15, 0.2) is 54.6 Å². The van der Waals surface area contributed by atoms with E-state index in [1.165, 1.54) is 0 Å². The molecule has 25 heavy (non-hydrogen) atoms. The highest BCUT2D eigenvalue weighted by molar-refractivity contribution is 5.96. The van der Waals surface area contributed by atoms with Crippen LogP contribution in [0.2, 0.25) is 0 Å². The van der Waals surface area contributed by atoms with Crippen LogP contribution in [-0.2, 0) is 4.79 Å². The number of nitrogens with one attached hydrogen (secondary N) is 3. The fraction of sp³-hybridized carbons (Fsp3) is 0.211. The summed E-state index contributed by atoms with van der Waals surface area (Å²) in [5, 5.41) is 8.07. The van der Waals surface area contributed by atoms with Gasteiger partial charge in [-0.25, -0.2) is 0 Å². The second kappa shape index (κ2) is 8.63. The maximum Gasteiger partial charge on any atom is 0.251 e. The zero-order chi connectivity index (χ0) is 18.2. The summed E-state index contributed by atoms with van der Waals surface area (Å²) < 4.78 is 0. The Balaban J connectivity index is 1.85. The van der Waals surface area contributed by atoms with E-state index in [2.05, 4.69) is 16.0 Å². The van der Waals surface area contributed by atoms with Crippen LogP contribution < -0.4 is 16.0 Å². The van der Waals surface area contributed by atoms with E-state index in [-0.39, 0.29) is 30.2 Å². The monoisotopic (exact) mass is 339 g/mol. The quantitative estimate of drug-likeness (QED) is 0.754. The highest BCUT2D eigenvalue weighted by atomic mass is 16.2. The van der Waals surface area contributed by atoms with E-state index >= 15 is 0 Å². The number of carbonyl (C=O) groups is 3. The minimum atomic E-state index is -0.308. The van der Waals surface area contributed by atoms with Gasteiger partial charge >= 0.3 is 0 Å². The molecular weight excluding hydrogens is 318 g/mol. The molecule has 0 bridgehead atoms. The molecule has 0 aliphatic carbocycles. The lowest BCUT2D eigenvalue weighted by atomic mass is 10.1. The van der Waals surface area contributed by atoms with Crippen molar-refractivity contribution in [3.05, 3.63) is 65.7 Å². The van der Waals surface area contributed by atoms with Gasteiger partial charge in [-0.3, -0.25) is 14.4 Å². The second-order valence-electron chi connectivity index (χ2n) is 5.65. The fourth-order valence-corrected chi connectivity index (χ4v) is 2.29. The van der Waals surface area contributed by atoms with E-state index in [0.29, 0.717) is 16.8 Å². The Morgan fingerprint density at radius 2 is 1.48 bits per heavy atom. The molecule has 6 heteroatoms. The van der Waals surface area contributed by atoms with Gasteiger partial charge in [0, 0.05) is 36.3 Å². The zero-order valence-corrected chi connectivity index (χ0v) is 14.2. The van der Waals surface area contributed by atoms with Crippen LogP contribution in [0, 0.1) is 0 Å². The van der Waals surface area contributed by atoms with Crippen molar-refractivity contribution in [3.63, 3.8) is 0 Å². The molecule has 0 fully saturated rings. The third kappa shape index (κ3) is 5.46. The number of hydrogen-bond donors (Lipinski definition) is 3. The molecule has 0 spiro atoms. The van der Waals surface area contributed by atoms with E-state index in [0.717, 1.165) is 0 Å². The molecule has 2 aromatic carbocycles. The van der Waals surface area contributed by atoms with E-state index in [4.69, 9.17) is 0 Å². The molecule has 1 unspecified atom stereocenters. The standard InChI is InChI=1S/C19H21N3O3/c1-13(21-19(25)14-6-4-3-5-7-14)12-17(23)22-16-10-8-15(9-11-16)18(24)20-2/h3-11,13H,12H2,1-2H3,(H,20,24)(H,21,25)(H,22,23). The number of rotatable bonds is 6. The highest BCUT2D eigenvalue weighted by Gasteiger charge is 2.13. The topological polar surface area (TPSA) is 87.3 Å². The molecule has 0 saturated carbocycles. The van der Waals surface area contributed by atoms with Gasteiger partial charge in [-0.1, -0.05) is 18.2 Å². The van der Waals surface area contributed by atoms with Crippen LogP contribution in [-0.4, -0.2) is 30.8 Å². The molecule has 130 valence electrons. The zero-order valence-electron chi connectivity index (χ0n) is 14.2. The Labute approximate surface area is 146 Å². The summed E-state index contributed by atoms with van der Waals surface area (Å²) in [6.45, 7) is 1.77. The lowest BCUT2D eigenvalue weighted by Crippen LogP contribution is -2.35. The van der Waals surface area contributed by atoms with E-state index in [1.54, 1.807) is 62.5 Å². The first-order valence-electron chi connectivity index (χ1n) is 7.97. The summed E-state index contributed by atoms with van der Waals surface area (Å²) in [7, 11) is 1.56. The van der Waals surface area contributed by atoms with Gasteiger partial charge < -0.3 is 16.0 Å². The molecule has 0 aromatic heterocycles. The first kappa shape index (κ1) is 18.2. The number of anilines is 1. The summed E-state index contributed by atoms with van der Waals surface area (Å²) in [4.78, 5) is 35.6. The maximum absolute atomic E-state index is 12.1. The van der Waals surface area contributed by atoms with Crippen LogP contribution >= 0.6 is 0 Å². The van der Waals surface area contributed by atoms with Crippen molar-refractivity contribution in [2.24, 2.45) is 0 Å². The predicted molar refractivity (Wildman–Crippen MR) is 96.4 cm³/mol. The average Bonchev–Trinajstić information content (AvgIpc) is 2.62. The Hall–Kier alpha value is -3.15. The lowest BCUT2D eigenvalue weighted by Gasteiger charge is -2.14. The Morgan fingerprint density at radius 1 is 0.880 bits per heavy atom. The van der Waals surface area contributed by atoms with Crippen LogP contribution in [0.25, 0.3) is 0 Å². The normalized spacial score (nSPS) is 11.3. The smallest absolute Gasteiger partial charge is 0.251 e. The molecule has 2 aromatic rings. The van der Waals surface area contributed by atoms with Gasteiger partial charge in [0.2, 0.25) is 5.91 Å². The van der Waals surface area contributed by atoms with Gasteiger partial charge in [-0.2, -0.15) is 0 Å². The molecule has 3 N–H and O–H groups in total. The van der Waals surface area contributed by atoms with Crippen molar-refractivity contribution < 1.29 is 14.4 Å². The SMILES string of the molecule is CNC(=O)c1ccc(NC(=O)CC(C)NC(=O)c2ccccc2)cc1. The van der Waals surface area contributed by atoms with Crippen LogP contribution in [0.4, 0.5) is 5.69 Å². The minimum Gasteiger partial charge on any atom is -0.355 e. The third-order valence-electron chi connectivity index (χ3n) is 3.56. The summed E-state index contributed by atoms with van der Waals surface area (Å²) in [6, 6.07) is 15.1. The van der Waals surface area contributed by atoms with Gasteiger partial charge in [0.25, 0.3) is 11.8 Å².